The summed E-state index contributed by atoms with van der Waals surface area (Å²) >= 11 is 0. The molecule has 8 aliphatic rings. The molecule has 6 heterocycles. The first-order chi connectivity index (χ1) is 27.2. The van der Waals surface area contributed by atoms with Crippen molar-refractivity contribution in [2.45, 2.75) is 129 Å². The lowest BCUT2D eigenvalue weighted by molar-refractivity contribution is 0.165. The third-order valence-electron chi connectivity index (χ3n) is 18.3. The van der Waals surface area contributed by atoms with Gasteiger partial charge in [-0.1, -0.05) is 0 Å². The molecular weight excluding hydrogens is 681 g/mol. The molecule has 0 amide bonds. The van der Waals surface area contributed by atoms with Gasteiger partial charge in [-0.25, -0.2) is 0 Å². The van der Waals surface area contributed by atoms with E-state index in [1.165, 1.54) is 174 Å². The van der Waals surface area contributed by atoms with Gasteiger partial charge in [-0.05, 0) is 198 Å². The Morgan fingerprint density at radius 1 is 0.393 bits per heavy atom. The molecule has 4 saturated carbocycles. The van der Waals surface area contributed by atoms with Crippen LogP contribution in [-0.4, -0.2) is 18.8 Å². The van der Waals surface area contributed by atoms with Gasteiger partial charge in [-0.3, -0.25) is 9.97 Å². The van der Waals surface area contributed by atoms with Crippen LogP contribution in [-0.2, 0) is 0 Å². The number of hydrogen-bond acceptors (Lipinski definition) is 2. The van der Waals surface area contributed by atoms with Gasteiger partial charge in [0.1, 0.15) is 0 Å². The molecule has 4 nitrogen and oxygen atoms in total. The lowest BCUT2D eigenvalue weighted by atomic mass is 9.67. The average Bonchev–Trinajstić information content (AvgIpc) is 3.83. The van der Waals surface area contributed by atoms with E-state index in [-0.39, 0.29) is 0 Å². The van der Waals surface area contributed by atoms with E-state index in [0.717, 1.165) is 23.7 Å². The van der Waals surface area contributed by atoms with Crippen LogP contribution in [0.25, 0.3) is 76.2 Å². The van der Waals surface area contributed by atoms with E-state index in [0.29, 0.717) is 23.7 Å². The minimum atomic E-state index is 0.609. The van der Waals surface area contributed by atoms with Crippen molar-refractivity contribution in [3.8, 4) is 0 Å². The number of aryl methyl sites for hydroxylation is 4. The predicted molar refractivity (Wildman–Crippen MR) is 231 cm³/mol. The van der Waals surface area contributed by atoms with E-state index in [1.54, 1.807) is 21.9 Å². The molecule has 4 atom stereocenters. The van der Waals surface area contributed by atoms with Crippen LogP contribution in [0.1, 0.15) is 144 Å². The third-order valence-corrected chi connectivity index (χ3v) is 18.3. The van der Waals surface area contributed by atoms with Crippen LogP contribution < -0.4 is 0 Å². The number of hydrogen-bond donors (Lipinski definition) is 0. The summed E-state index contributed by atoms with van der Waals surface area (Å²) in [6, 6.07) is 5.08. The maximum absolute atomic E-state index is 5.63. The minimum Gasteiger partial charge on any atom is -0.308 e. The predicted octanol–water partition coefficient (Wildman–Crippen LogP) is 13.4. The van der Waals surface area contributed by atoms with Gasteiger partial charge in [0.05, 0.1) is 45.5 Å². The number of pyridine rings is 2. The van der Waals surface area contributed by atoms with Crippen molar-refractivity contribution in [2.75, 3.05) is 0 Å². The fourth-order valence-electron chi connectivity index (χ4n) is 16.0. The topological polar surface area (TPSA) is 34.6 Å². The summed E-state index contributed by atoms with van der Waals surface area (Å²) in [6.07, 6.45) is 18.4. The average molecular weight is 731 g/mol. The number of fused-ring (bicyclic) bond motifs is 14. The molecule has 0 radical (unpaired) electrons. The number of aromatic nitrogens is 4. The Hall–Kier alpha value is -4.44. The highest BCUT2D eigenvalue weighted by Gasteiger charge is 2.47. The van der Waals surface area contributed by atoms with Crippen molar-refractivity contribution >= 4 is 76.2 Å². The molecule has 4 heteroatoms. The molecule has 9 aromatic rings. The summed E-state index contributed by atoms with van der Waals surface area (Å²) in [6.45, 7) is 14.3. The second kappa shape index (κ2) is 9.63. The third kappa shape index (κ3) is 3.25. The maximum atomic E-state index is 5.63. The summed E-state index contributed by atoms with van der Waals surface area (Å²) in [5, 5.41) is 12.1. The Labute approximate surface area is 327 Å². The van der Waals surface area contributed by atoms with E-state index in [1.807, 2.05) is 0 Å². The van der Waals surface area contributed by atoms with Gasteiger partial charge >= 0.3 is 0 Å². The summed E-state index contributed by atoms with van der Waals surface area (Å²) < 4.78 is 5.50. The zero-order valence-corrected chi connectivity index (χ0v) is 33.8. The highest BCUT2D eigenvalue weighted by atomic mass is 15.0. The largest absolute Gasteiger partial charge is 0.308 e. The first-order valence-corrected chi connectivity index (χ1v) is 22.4. The zero-order valence-electron chi connectivity index (χ0n) is 33.8. The van der Waals surface area contributed by atoms with Crippen LogP contribution in [0.2, 0.25) is 0 Å². The van der Waals surface area contributed by atoms with Gasteiger partial charge < -0.3 is 8.80 Å². The Morgan fingerprint density at radius 3 is 1.16 bits per heavy atom. The number of nitrogens with zero attached hydrogens (tertiary/aromatic N) is 4. The van der Waals surface area contributed by atoms with E-state index in [9.17, 15) is 0 Å². The molecule has 8 aliphatic carbocycles. The van der Waals surface area contributed by atoms with Crippen LogP contribution in [0.4, 0.5) is 0 Å². The molecule has 56 heavy (non-hydrogen) atoms. The van der Waals surface area contributed by atoms with Crippen LogP contribution in [0.15, 0.2) is 24.5 Å². The van der Waals surface area contributed by atoms with Gasteiger partial charge in [0.25, 0.3) is 0 Å². The molecule has 8 bridgehead atoms. The number of rotatable bonds is 0. The smallest absolute Gasteiger partial charge is 0.0728 e. The molecule has 0 aliphatic heterocycles. The van der Waals surface area contributed by atoms with Gasteiger partial charge in [0.15, 0.2) is 0 Å². The monoisotopic (exact) mass is 730 g/mol. The van der Waals surface area contributed by atoms with Crippen molar-refractivity contribution in [3.05, 3.63) is 80.4 Å². The molecule has 3 aromatic carbocycles. The fourth-order valence-corrected chi connectivity index (χ4v) is 16.0. The van der Waals surface area contributed by atoms with Crippen molar-refractivity contribution in [2.24, 2.45) is 23.7 Å². The van der Waals surface area contributed by atoms with E-state index < -0.39 is 0 Å². The Morgan fingerprint density at radius 2 is 0.750 bits per heavy atom. The zero-order chi connectivity index (χ0) is 36.9. The van der Waals surface area contributed by atoms with Crippen LogP contribution in [0.5, 0.6) is 0 Å². The number of benzene rings is 3. The first-order valence-electron chi connectivity index (χ1n) is 22.4. The summed E-state index contributed by atoms with van der Waals surface area (Å²) in [7, 11) is 0. The molecule has 0 N–H and O–H groups in total. The van der Waals surface area contributed by atoms with Gasteiger partial charge in [0.2, 0.25) is 0 Å². The summed E-state index contributed by atoms with van der Waals surface area (Å²) in [5.41, 5.74) is 23.2. The molecule has 0 saturated heterocycles. The van der Waals surface area contributed by atoms with Crippen molar-refractivity contribution < 1.29 is 0 Å². The van der Waals surface area contributed by atoms with Crippen molar-refractivity contribution in [1.29, 1.82) is 0 Å². The standard InChI is InChI=1S/C52H50N4/c1-21-7-35-39(25(5)23(21)3)45-47-43-37(19-53-49-33-15-27-9-28(16-33)12-31(11-27)41(43)49)56-38-20-54-50-34-17-29-10-30(18-34)14-32(13-29)42(50)44(38)48(52(47)56)46-40-26(6)24(4)22(2)8-36(40)55(35)51(45)46/h7-8,19-20,27-34H,9-18H2,1-6H3. The molecule has 0 spiro atoms. The van der Waals surface area contributed by atoms with Crippen LogP contribution in [0, 0.1) is 65.2 Å². The SMILES string of the molecule is Cc1cc2c(c(C)c1C)c1c3c4c5c(ncc4n4c6cnc7c(c6c(c6c8c(C)c(C)c(C)cc8n2c16)c34)C1CC2CC(CC7C2)C1)C1CC2CC(C1)CC5C2. The van der Waals surface area contributed by atoms with E-state index in [2.05, 4.69) is 74.9 Å². The minimum absolute atomic E-state index is 0.609. The second-order valence-electron chi connectivity index (χ2n) is 20.8. The quantitative estimate of drug-likeness (QED) is 0.156. The van der Waals surface area contributed by atoms with Crippen LogP contribution in [0.3, 0.4) is 0 Å². The summed E-state index contributed by atoms with van der Waals surface area (Å²) in [4.78, 5) is 11.3. The van der Waals surface area contributed by atoms with Gasteiger partial charge in [-0.2, -0.15) is 0 Å². The maximum Gasteiger partial charge on any atom is 0.0728 e. The Balaban J connectivity index is 1.28. The first kappa shape index (κ1) is 30.7. The molecule has 278 valence electrons. The van der Waals surface area contributed by atoms with Gasteiger partial charge in [0, 0.05) is 66.3 Å². The van der Waals surface area contributed by atoms with Crippen molar-refractivity contribution in [1.82, 2.24) is 18.8 Å². The lowest BCUT2D eigenvalue weighted by Crippen LogP contribution is -2.25. The molecule has 17 rings (SSSR count). The highest BCUT2D eigenvalue weighted by molar-refractivity contribution is 6.46. The van der Waals surface area contributed by atoms with E-state index in [4.69, 9.17) is 9.97 Å². The Bertz CT molecular complexity index is 3090. The van der Waals surface area contributed by atoms with E-state index >= 15 is 0 Å². The normalized spacial score (nSPS) is 29.2. The lowest BCUT2D eigenvalue weighted by Gasteiger charge is -2.38. The van der Waals surface area contributed by atoms with Gasteiger partial charge in [-0.15, -0.1) is 0 Å². The molecule has 4 fully saturated rings. The Kier molecular flexibility index (Phi) is 5.27. The molecule has 6 aromatic heterocycles. The fraction of sp³-hybridized carbons (Fsp3) is 0.462. The van der Waals surface area contributed by atoms with Crippen molar-refractivity contribution in [3.63, 3.8) is 0 Å². The second-order valence-corrected chi connectivity index (χ2v) is 20.8. The molecular formula is C52H50N4. The summed E-state index contributed by atoms with van der Waals surface area (Å²) in [5.74, 6) is 5.87. The molecule has 4 unspecified atom stereocenters. The highest BCUT2D eigenvalue weighted by Crippen LogP contribution is 2.62. The van der Waals surface area contributed by atoms with Crippen LogP contribution >= 0.6 is 0 Å².